The number of anilines is 1. The lowest BCUT2D eigenvalue weighted by Crippen LogP contribution is -2.21. The van der Waals surface area contributed by atoms with E-state index in [0.29, 0.717) is 17.1 Å². The summed E-state index contributed by atoms with van der Waals surface area (Å²) in [4.78, 5) is 9.89. The molecule has 0 bridgehead atoms. The minimum atomic E-state index is 0.494. The first kappa shape index (κ1) is 13.1. The van der Waals surface area contributed by atoms with Crippen molar-refractivity contribution >= 4 is 39.1 Å². The lowest BCUT2D eigenvalue weighted by Gasteiger charge is -2.21. The van der Waals surface area contributed by atoms with E-state index < -0.39 is 0 Å². The van der Waals surface area contributed by atoms with Gasteiger partial charge in [0, 0.05) is 11.4 Å². The molecule has 2 heterocycles. The number of hydrogen-bond acceptors (Lipinski definition) is 4. The van der Waals surface area contributed by atoms with Crippen LogP contribution in [-0.4, -0.2) is 16.0 Å². The van der Waals surface area contributed by atoms with Crippen LogP contribution in [0.15, 0.2) is 11.4 Å². The van der Waals surface area contributed by atoms with Crippen LogP contribution in [0.2, 0.25) is 5.15 Å². The standard InChI is InChI=1S/C14H18ClN3S/c15-12-11-8-9-19-13(11)18-14(17-12)16-10-6-4-2-1-3-5-7-10/h8-10H,1-7H2,(H,16,17,18). The molecule has 0 saturated heterocycles. The molecule has 0 amide bonds. The molecule has 0 aromatic carbocycles. The fourth-order valence-corrected chi connectivity index (χ4v) is 3.72. The maximum atomic E-state index is 6.20. The summed E-state index contributed by atoms with van der Waals surface area (Å²) < 4.78 is 0. The number of nitrogens with zero attached hydrogens (tertiary/aromatic N) is 2. The molecule has 102 valence electrons. The van der Waals surface area contributed by atoms with Crippen molar-refractivity contribution < 1.29 is 0 Å². The molecule has 1 fully saturated rings. The monoisotopic (exact) mass is 295 g/mol. The predicted octanol–water partition coefficient (Wildman–Crippen LogP) is 4.87. The van der Waals surface area contributed by atoms with Crippen molar-refractivity contribution in [2.24, 2.45) is 0 Å². The maximum Gasteiger partial charge on any atom is 0.225 e. The van der Waals surface area contributed by atoms with Crippen LogP contribution in [0.5, 0.6) is 0 Å². The van der Waals surface area contributed by atoms with E-state index in [0.717, 1.165) is 10.2 Å². The third-order valence-corrected chi connectivity index (χ3v) is 4.81. The Morgan fingerprint density at radius 1 is 1.11 bits per heavy atom. The molecular formula is C14H18ClN3S. The van der Waals surface area contributed by atoms with Gasteiger partial charge in [0.05, 0.1) is 0 Å². The van der Waals surface area contributed by atoms with Gasteiger partial charge in [-0.2, -0.15) is 0 Å². The molecule has 2 aromatic heterocycles. The molecule has 1 aliphatic carbocycles. The lowest BCUT2D eigenvalue weighted by molar-refractivity contribution is 0.470. The summed E-state index contributed by atoms with van der Waals surface area (Å²) in [7, 11) is 0. The largest absolute Gasteiger partial charge is 0.351 e. The van der Waals surface area contributed by atoms with Crippen molar-refractivity contribution in [3.05, 3.63) is 16.6 Å². The summed E-state index contributed by atoms with van der Waals surface area (Å²) >= 11 is 7.80. The lowest BCUT2D eigenvalue weighted by atomic mass is 9.97. The second kappa shape index (κ2) is 6.06. The Hall–Kier alpha value is -0.870. The Morgan fingerprint density at radius 3 is 2.63 bits per heavy atom. The van der Waals surface area contributed by atoms with Crippen molar-refractivity contribution in [3.63, 3.8) is 0 Å². The highest BCUT2D eigenvalue weighted by Crippen LogP contribution is 2.27. The Morgan fingerprint density at radius 2 is 1.84 bits per heavy atom. The fourth-order valence-electron chi connectivity index (χ4n) is 2.67. The van der Waals surface area contributed by atoms with Crippen LogP contribution in [0.25, 0.3) is 10.2 Å². The third-order valence-electron chi connectivity index (χ3n) is 3.72. The molecule has 0 unspecified atom stereocenters. The number of nitrogens with one attached hydrogen (secondary N) is 1. The van der Waals surface area contributed by atoms with E-state index >= 15 is 0 Å². The Kier molecular flexibility index (Phi) is 4.18. The molecule has 1 N–H and O–H groups in total. The highest BCUT2D eigenvalue weighted by Gasteiger charge is 2.14. The van der Waals surface area contributed by atoms with E-state index in [4.69, 9.17) is 11.6 Å². The van der Waals surface area contributed by atoms with Crippen molar-refractivity contribution in [1.82, 2.24) is 9.97 Å². The zero-order chi connectivity index (χ0) is 13.1. The van der Waals surface area contributed by atoms with Gasteiger partial charge in [-0.15, -0.1) is 11.3 Å². The molecule has 5 heteroatoms. The second-order valence-corrected chi connectivity index (χ2v) is 6.42. The minimum Gasteiger partial charge on any atom is -0.351 e. The number of aromatic nitrogens is 2. The number of halogens is 1. The van der Waals surface area contributed by atoms with Crippen molar-refractivity contribution in [2.45, 2.75) is 51.0 Å². The minimum absolute atomic E-state index is 0.494. The second-order valence-electron chi connectivity index (χ2n) is 5.16. The first-order valence-corrected chi connectivity index (χ1v) is 8.26. The molecule has 0 spiro atoms. The van der Waals surface area contributed by atoms with Crippen LogP contribution in [0.4, 0.5) is 5.95 Å². The molecule has 1 saturated carbocycles. The first-order chi connectivity index (χ1) is 9.33. The third kappa shape index (κ3) is 3.18. The van der Waals surface area contributed by atoms with Gasteiger partial charge in [0.15, 0.2) is 0 Å². The van der Waals surface area contributed by atoms with Crippen molar-refractivity contribution in [1.29, 1.82) is 0 Å². The maximum absolute atomic E-state index is 6.20. The highest BCUT2D eigenvalue weighted by atomic mass is 35.5. The van der Waals surface area contributed by atoms with Crippen molar-refractivity contribution in [3.8, 4) is 0 Å². The molecule has 2 aromatic rings. The zero-order valence-corrected chi connectivity index (χ0v) is 12.4. The summed E-state index contributed by atoms with van der Waals surface area (Å²) in [6.07, 6.45) is 9.11. The van der Waals surface area contributed by atoms with Crippen LogP contribution in [0.1, 0.15) is 44.9 Å². The number of hydrogen-bond donors (Lipinski definition) is 1. The Bertz CT molecular complexity index is 547. The Labute approximate surface area is 122 Å². The van der Waals surface area contributed by atoms with Gasteiger partial charge >= 0.3 is 0 Å². The van der Waals surface area contributed by atoms with E-state index in [-0.39, 0.29) is 0 Å². The average molecular weight is 296 g/mol. The average Bonchev–Trinajstić information content (AvgIpc) is 2.81. The summed E-state index contributed by atoms with van der Waals surface area (Å²) in [5.41, 5.74) is 0. The van der Waals surface area contributed by atoms with E-state index in [1.54, 1.807) is 11.3 Å². The van der Waals surface area contributed by atoms with Crippen LogP contribution in [-0.2, 0) is 0 Å². The normalized spacial score (nSPS) is 18.2. The van der Waals surface area contributed by atoms with Gasteiger partial charge in [-0.3, -0.25) is 0 Å². The van der Waals surface area contributed by atoms with Crippen LogP contribution >= 0.6 is 22.9 Å². The molecule has 0 aliphatic heterocycles. The highest BCUT2D eigenvalue weighted by molar-refractivity contribution is 7.16. The van der Waals surface area contributed by atoms with E-state index in [1.165, 1.54) is 44.9 Å². The van der Waals surface area contributed by atoms with Crippen LogP contribution in [0, 0.1) is 0 Å². The summed E-state index contributed by atoms with van der Waals surface area (Å²) in [6, 6.07) is 2.47. The van der Waals surface area contributed by atoms with Gasteiger partial charge < -0.3 is 5.32 Å². The number of rotatable bonds is 2. The van der Waals surface area contributed by atoms with E-state index in [9.17, 15) is 0 Å². The van der Waals surface area contributed by atoms with E-state index in [2.05, 4.69) is 15.3 Å². The summed E-state index contributed by atoms with van der Waals surface area (Å²) in [6.45, 7) is 0. The predicted molar refractivity (Wildman–Crippen MR) is 82.2 cm³/mol. The smallest absolute Gasteiger partial charge is 0.225 e. The molecular weight excluding hydrogens is 278 g/mol. The first-order valence-electron chi connectivity index (χ1n) is 7.00. The quantitative estimate of drug-likeness (QED) is 0.803. The van der Waals surface area contributed by atoms with E-state index in [1.807, 2.05) is 11.4 Å². The molecule has 3 rings (SSSR count). The van der Waals surface area contributed by atoms with Gasteiger partial charge in [0.25, 0.3) is 0 Å². The SMILES string of the molecule is Clc1nc(NC2CCCCCCC2)nc2sccc12. The zero-order valence-electron chi connectivity index (χ0n) is 10.9. The topological polar surface area (TPSA) is 37.8 Å². The molecule has 0 atom stereocenters. The van der Waals surface area contributed by atoms with Gasteiger partial charge in [-0.25, -0.2) is 9.97 Å². The summed E-state index contributed by atoms with van der Waals surface area (Å²) in [5.74, 6) is 0.686. The Balaban J connectivity index is 1.75. The molecule has 3 nitrogen and oxygen atoms in total. The van der Waals surface area contributed by atoms with Crippen LogP contribution < -0.4 is 5.32 Å². The van der Waals surface area contributed by atoms with Gasteiger partial charge in [-0.1, -0.05) is 43.7 Å². The molecule has 19 heavy (non-hydrogen) atoms. The van der Waals surface area contributed by atoms with Gasteiger partial charge in [-0.05, 0) is 24.3 Å². The molecule has 0 radical (unpaired) electrons. The summed E-state index contributed by atoms with van der Waals surface area (Å²) in [5, 5.41) is 6.98. The number of thiophene rings is 1. The molecule has 1 aliphatic rings. The number of fused-ring (bicyclic) bond motifs is 1. The van der Waals surface area contributed by atoms with Crippen molar-refractivity contribution in [2.75, 3.05) is 5.32 Å². The van der Waals surface area contributed by atoms with Gasteiger partial charge in [0.2, 0.25) is 5.95 Å². The fraction of sp³-hybridized carbons (Fsp3) is 0.571. The van der Waals surface area contributed by atoms with Crippen LogP contribution in [0.3, 0.4) is 0 Å². The van der Waals surface area contributed by atoms with Gasteiger partial charge in [0.1, 0.15) is 9.98 Å².